The fourth-order valence-electron chi connectivity index (χ4n) is 2.61. The molecule has 4 heteroatoms. The van der Waals surface area contributed by atoms with Crippen LogP contribution in [0.2, 0.25) is 0 Å². The van der Waals surface area contributed by atoms with Gasteiger partial charge in [0.25, 0.3) is 0 Å². The van der Waals surface area contributed by atoms with Crippen LogP contribution >= 0.6 is 0 Å². The third-order valence-electron chi connectivity index (χ3n) is 4.05. The van der Waals surface area contributed by atoms with Gasteiger partial charge in [0.2, 0.25) is 5.91 Å². The summed E-state index contributed by atoms with van der Waals surface area (Å²) in [5.74, 6) is 0.106. The number of carbonyl (C=O) groups excluding carboxylic acids is 1. The van der Waals surface area contributed by atoms with E-state index in [1.165, 1.54) is 0 Å². The van der Waals surface area contributed by atoms with Crippen molar-refractivity contribution in [3.8, 4) is 0 Å². The lowest BCUT2D eigenvalue weighted by atomic mass is 10.0. The Bertz CT molecular complexity index is 624. The third-order valence-corrected chi connectivity index (χ3v) is 4.05. The molecule has 1 heterocycles. The van der Waals surface area contributed by atoms with E-state index in [2.05, 4.69) is 10.3 Å². The Labute approximate surface area is 138 Å². The van der Waals surface area contributed by atoms with Crippen LogP contribution in [0.4, 0.5) is 0 Å². The molecule has 2 aromatic rings. The number of hydrogen-bond donors (Lipinski definition) is 1. The number of rotatable bonds is 7. The van der Waals surface area contributed by atoms with Gasteiger partial charge in [0.05, 0.1) is 5.69 Å². The minimum Gasteiger partial charge on any atom is -0.342 e. The fourth-order valence-corrected chi connectivity index (χ4v) is 2.61. The molecule has 1 aromatic heterocycles. The predicted molar refractivity (Wildman–Crippen MR) is 92.9 cm³/mol. The zero-order chi connectivity index (χ0) is 16.7. The van der Waals surface area contributed by atoms with Gasteiger partial charge in [0.15, 0.2) is 0 Å². The number of pyridine rings is 1. The van der Waals surface area contributed by atoms with E-state index in [1.807, 2.05) is 68.1 Å². The molecular formula is C19H25N3O. The summed E-state index contributed by atoms with van der Waals surface area (Å²) in [7, 11) is 0. The van der Waals surface area contributed by atoms with E-state index in [0.29, 0.717) is 19.6 Å². The topological polar surface area (TPSA) is 45.2 Å². The van der Waals surface area contributed by atoms with E-state index in [9.17, 15) is 4.79 Å². The highest BCUT2D eigenvalue weighted by Gasteiger charge is 2.24. The Morgan fingerprint density at radius 3 is 2.43 bits per heavy atom. The van der Waals surface area contributed by atoms with Crippen LogP contribution in [-0.4, -0.2) is 28.9 Å². The molecule has 0 unspecified atom stereocenters. The van der Waals surface area contributed by atoms with Crippen LogP contribution in [0.5, 0.6) is 0 Å². The van der Waals surface area contributed by atoms with E-state index in [-0.39, 0.29) is 11.9 Å². The molecular weight excluding hydrogens is 286 g/mol. The molecule has 4 nitrogen and oxygen atoms in total. The van der Waals surface area contributed by atoms with Crippen molar-refractivity contribution in [2.24, 2.45) is 0 Å². The number of nitrogens with one attached hydrogen (secondary N) is 1. The maximum Gasteiger partial charge on any atom is 0.244 e. The summed E-state index contributed by atoms with van der Waals surface area (Å²) < 4.78 is 0. The Balaban J connectivity index is 2.20. The number of carbonyl (C=O) groups is 1. The second-order valence-electron chi connectivity index (χ2n) is 5.50. The Morgan fingerprint density at radius 2 is 1.83 bits per heavy atom. The molecule has 0 aliphatic carbocycles. The Kier molecular flexibility index (Phi) is 6.29. The van der Waals surface area contributed by atoms with Gasteiger partial charge in [0, 0.05) is 25.8 Å². The van der Waals surface area contributed by atoms with E-state index in [1.54, 1.807) is 6.20 Å². The molecule has 1 atom stereocenters. The highest BCUT2D eigenvalue weighted by Crippen LogP contribution is 2.17. The number of hydrogen-bond acceptors (Lipinski definition) is 3. The third kappa shape index (κ3) is 4.39. The number of nitrogens with zero attached hydrogens (tertiary/aromatic N) is 2. The lowest BCUT2D eigenvalue weighted by Crippen LogP contribution is -2.40. The van der Waals surface area contributed by atoms with Gasteiger partial charge >= 0.3 is 0 Å². The first kappa shape index (κ1) is 17.2. The van der Waals surface area contributed by atoms with Crippen LogP contribution in [0.15, 0.2) is 48.7 Å². The molecule has 0 radical (unpaired) electrons. The zero-order valence-corrected chi connectivity index (χ0v) is 14.1. The minimum absolute atomic E-state index is 0.106. The summed E-state index contributed by atoms with van der Waals surface area (Å²) in [6.07, 6.45) is 1.79. The number of amides is 1. The largest absolute Gasteiger partial charge is 0.342 e. The monoisotopic (exact) mass is 311 g/mol. The Hall–Kier alpha value is -2.20. The van der Waals surface area contributed by atoms with Crippen LogP contribution < -0.4 is 5.32 Å². The van der Waals surface area contributed by atoms with E-state index < -0.39 is 0 Å². The average Bonchev–Trinajstić information content (AvgIpc) is 2.59. The van der Waals surface area contributed by atoms with E-state index >= 15 is 0 Å². The summed E-state index contributed by atoms with van der Waals surface area (Å²) in [6.45, 7) is 8.04. The maximum atomic E-state index is 12.9. The molecule has 0 aliphatic rings. The van der Waals surface area contributed by atoms with Gasteiger partial charge in [-0.25, -0.2) is 0 Å². The second-order valence-corrected chi connectivity index (χ2v) is 5.50. The quantitative estimate of drug-likeness (QED) is 0.854. The average molecular weight is 311 g/mol. The van der Waals surface area contributed by atoms with Crippen LogP contribution in [0.25, 0.3) is 0 Å². The smallest absolute Gasteiger partial charge is 0.244 e. The van der Waals surface area contributed by atoms with Crippen molar-refractivity contribution < 1.29 is 4.79 Å². The molecule has 2 rings (SSSR count). The molecule has 1 amide bonds. The molecule has 23 heavy (non-hydrogen) atoms. The van der Waals surface area contributed by atoms with Crippen LogP contribution in [0.3, 0.4) is 0 Å². The number of benzene rings is 1. The van der Waals surface area contributed by atoms with Crippen molar-refractivity contribution in [2.45, 2.75) is 33.4 Å². The zero-order valence-electron chi connectivity index (χ0n) is 14.1. The number of aromatic nitrogens is 1. The highest BCUT2D eigenvalue weighted by molar-refractivity contribution is 5.83. The van der Waals surface area contributed by atoms with Gasteiger partial charge in [-0.2, -0.15) is 0 Å². The van der Waals surface area contributed by atoms with Crippen molar-refractivity contribution >= 4 is 5.91 Å². The van der Waals surface area contributed by atoms with Crippen molar-refractivity contribution in [1.82, 2.24) is 15.2 Å². The minimum atomic E-state index is -0.350. The van der Waals surface area contributed by atoms with Gasteiger partial charge in [-0.05, 0) is 38.0 Å². The maximum absolute atomic E-state index is 12.9. The number of aryl methyl sites for hydroxylation is 1. The molecule has 0 aliphatic heterocycles. The van der Waals surface area contributed by atoms with Gasteiger partial charge in [0.1, 0.15) is 6.04 Å². The lowest BCUT2D eigenvalue weighted by molar-refractivity contribution is -0.133. The second kappa shape index (κ2) is 8.44. The molecule has 0 spiro atoms. The van der Waals surface area contributed by atoms with Gasteiger partial charge in [-0.15, -0.1) is 0 Å². The van der Waals surface area contributed by atoms with Crippen molar-refractivity contribution in [1.29, 1.82) is 0 Å². The highest BCUT2D eigenvalue weighted by atomic mass is 16.2. The van der Waals surface area contributed by atoms with E-state index in [0.717, 1.165) is 16.8 Å². The summed E-state index contributed by atoms with van der Waals surface area (Å²) in [5, 5.41) is 3.39. The van der Waals surface area contributed by atoms with Crippen LogP contribution in [0, 0.1) is 6.92 Å². The lowest BCUT2D eigenvalue weighted by Gasteiger charge is -2.26. The predicted octanol–water partition coefficient (Wildman–Crippen LogP) is 3.09. The molecule has 1 N–H and O–H groups in total. The summed E-state index contributed by atoms with van der Waals surface area (Å²) in [6, 6.07) is 13.5. The number of likely N-dealkylation sites (N-methyl/N-ethyl adjacent to an activating group) is 1. The summed E-state index contributed by atoms with van der Waals surface area (Å²) in [5.41, 5.74) is 3.08. The fraction of sp³-hybridized carbons (Fsp3) is 0.368. The van der Waals surface area contributed by atoms with Gasteiger partial charge < -0.3 is 4.90 Å². The van der Waals surface area contributed by atoms with E-state index in [4.69, 9.17) is 0 Å². The van der Waals surface area contributed by atoms with Crippen molar-refractivity contribution in [2.75, 3.05) is 13.1 Å². The first-order chi connectivity index (χ1) is 11.2. The summed E-state index contributed by atoms with van der Waals surface area (Å²) in [4.78, 5) is 19.1. The van der Waals surface area contributed by atoms with Gasteiger partial charge in [-0.3, -0.25) is 15.1 Å². The molecule has 0 bridgehead atoms. The summed E-state index contributed by atoms with van der Waals surface area (Å²) >= 11 is 0. The Morgan fingerprint density at radius 1 is 1.13 bits per heavy atom. The normalized spacial score (nSPS) is 12.0. The molecule has 122 valence electrons. The van der Waals surface area contributed by atoms with Crippen LogP contribution in [-0.2, 0) is 11.3 Å². The van der Waals surface area contributed by atoms with Crippen molar-refractivity contribution in [3.63, 3.8) is 0 Å². The standard InChI is InChI=1S/C19H25N3O/c1-4-22(5-2)19(23)18(16-11-7-6-8-12-16)21-14-17-15(3)10-9-13-20-17/h6-13,18,21H,4-5,14H2,1-3H3/t18-/m1/s1. The molecule has 1 aromatic carbocycles. The molecule has 0 fully saturated rings. The SMILES string of the molecule is CCN(CC)C(=O)[C@H](NCc1ncccc1C)c1ccccc1. The van der Waals surface area contributed by atoms with Gasteiger partial charge in [-0.1, -0.05) is 36.4 Å². The first-order valence-electron chi connectivity index (χ1n) is 8.15. The first-order valence-corrected chi connectivity index (χ1v) is 8.15. The van der Waals surface area contributed by atoms with Crippen molar-refractivity contribution in [3.05, 3.63) is 65.5 Å². The van der Waals surface area contributed by atoms with Crippen LogP contribution in [0.1, 0.15) is 36.7 Å². The molecule has 0 saturated heterocycles. The molecule has 0 saturated carbocycles.